The van der Waals surface area contributed by atoms with E-state index in [1.54, 1.807) is 6.26 Å². The van der Waals surface area contributed by atoms with Crippen molar-refractivity contribution >= 4 is 29.9 Å². The van der Waals surface area contributed by atoms with Crippen molar-refractivity contribution < 1.29 is 9.26 Å². The summed E-state index contributed by atoms with van der Waals surface area (Å²) in [4.78, 5) is 6.96. The Morgan fingerprint density at radius 1 is 1.35 bits per heavy atom. The van der Waals surface area contributed by atoms with Crippen LogP contribution in [0.25, 0.3) is 0 Å². The molecule has 1 aliphatic heterocycles. The molecule has 26 heavy (non-hydrogen) atoms. The van der Waals surface area contributed by atoms with E-state index in [4.69, 9.17) is 14.3 Å². The number of nitrogens with zero attached hydrogens (tertiary/aromatic N) is 3. The fraction of sp³-hybridized carbons (Fsp3) is 0.474. The van der Waals surface area contributed by atoms with Crippen molar-refractivity contribution in [2.45, 2.75) is 33.4 Å². The van der Waals surface area contributed by atoms with Crippen molar-refractivity contribution in [3.05, 3.63) is 52.9 Å². The van der Waals surface area contributed by atoms with E-state index in [9.17, 15) is 0 Å². The van der Waals surface area contributed by atoms with Gasteiger partial charge in [-0.1, -0.05) is 28.9 Å². The molecule has 1 aliphatic rings. The van der Waals surface area contributed by atoms with E-state index in [0.717, 1.165) is 31.3 Å². The van der Waals surface area contributed by atoms with Crippen LogP contribution in [0.4, 0.5) is 0 Å². The molecule has 0 spiro atoms. The molecule has 1 aromatic carbocycles. The molecule has 1 fully saturated rings. The molecule has 142 valence electrons. The summed E-state index contributed by atoms with van der Waals surface area (Å²) in [5.41, 5.74) is 4.63. The predicted molar refractivity (Wildman–Crippen MR) is 113 cm³/mol. The zero-order valence-electron chi connectivity index (χ0n) is 15.6. The van der Waals surface area contributed by atoms with Gasteiger partial charge in [-0.3, -0.25) is 0 Å². The van der Waals surface area contributed by atoms with Gasteiger partial charge in [0.1, 0.15) is 18.1 Å². The Bertz CT molecular complexity index is 718. The van der Waals surface area contributed by atoms with Crippen molar-refractivity contribution in [2.75, 3.05) is 26.2 Å². The normalized spacial score (nSPS) is 17.7. The van der Waals surface area contributed by atoms with Gasteiger partial charge in [0.15, 0.2) is 5.96 Å². The molecule has 7 heteroatoms. The van der Waals surface area contributed by atoms with Crippen LogP contribution in [-0.2, 0) is 11.3 Å². The number of morpholine rings is 1. The Kier molecular flexibility index (Phi) is 7.89. The molecular weight excluding hydrogens is 443 g/mol. The highest BCUT2D eigenvalue weighted by Gasteiger charge is 2.25. The van der Waals surface area contributed by atoms with Crippen LogP contribution in [0.3, 0.4) is 0 Å². The zero-order valence-corrected chi connectivity index (χ0v) is 17.9. The van der Waals surface area contributed by atoms with Gasteiger partial charge in [-0.15, -0.1) is 24.0 Å². The first-order valence-corrected chi connectivity index (χ1v) is 8.78. The molecule has 0 saturated carbocycles. The molecule has 1 N–H and O–H groups in total. The van der Waals surface area contributed by atoms with E-state index in [0.29, 0.717) is 13.2 Å². The van der Waals surface area contributed by atoms with Gasteiger partial charge in [0.25, 0.3) is 0 Å². The molecule has 1 aromatic heterocycles. The summed E-state index contributed by atoms with van der Waals surface area (Å²) >= 11 is 0. The van der Waals surface area contributed by atoms with E-state index in [2.05, 4.69) is 54.3 Å². The first kappa shape index (κ1) is 20.7. The molecule has 6 nitrogen and oxygen atoms in total. The maximum absolute atomic E-state index is 6.04. The first-order valence-electron chi connectivity index (χ1n) is 8.78. The maximum atomic E-state index is 6.04. The topological polar surface area (TPSA) is 62.9 Å². The summed E-state index contributed by atoms with van der Waals surface area (Å²) in [6.45, 7) is 9.97. The molecular formula is C19H27IN4O2. The number of nitrogens with one attached hydrogen (secondary N) is 1. The average Bonchev–Trinajstić information content (AvgIpc) is 3.12. The molecule has 0 amide bonds. The van der Waals surface area contributed by atoms with Gasteiger partial charge < -0.3 is 19.5 Å². The van der Waals surface area contributed by atoms with Crippen LogP contribution >= 0.6 is 24.0 Å². The summed E-state index contributed by atoms with van der Waals surface area (Å²) in [6.07, 6.45) is 1.63. The number of rotatable bonds is 4. The standard InChI is InChI=1S/C19H26N4O2.HI/c1-4-20-19(21-12-16-7-9-25-22-16)23-8-10-24-18(13-23)17-6-5-14(2)11-15(17)3;/h5-7,9,11,18H,4,8,10,12-13H2,1-3H3,(H,20,21);1H. The van der Waals surface area contributed by atoms with Crippen LogP contribution < -0.4 is 5.32 Å². The zero-order chi connectivity index (χ0) is 17.6. The highest BCUT2D eigenvalue weighted by molar-refractivity contribution is 14.0. The Labute approximate surface area is 172 Å². The third-order valence-corrected chi connectivity index (χ3v) is 4.36. The third kappa shape index (κ3) is 5.20. The molecule has 2 heterocycles. The van der Waals surface area contributed by atoms with Crippen molar-refractivity contribution in [3.63, 3.8) is 0 Å². The number of benzene rings is 1. The lowest BCUT2D eigenvalue weighted by atomic mass is 10.00. The highest BCUT2D eigenvalue weighted by atomic mass is 127. The van der Waals surface area contributed by atoms with Crippen LogP contribution in [0.2, 0.25) is 0 Å². The average molecular weight is 470 g/mol. The van der Waals surface area contributed by atoms with E-state index >= 15 is 0 Å². The lowest BCUT2D eigenvalue weighted by Crippen LogP contribution is -2.48. The molecule has 0 radical (unpaired) electrons. The van der Waals surface area contributed by atoms with Crippen LogP contribution in [0.5, 0.6) is 0 Å². The number of aryl methyl sites for hydroxylation is 2. The fourth-order valence-corrected chi connectivity index (χ4v) is 3.12. The van der Waals surface area contributed by atoms with Gasteiger partial charge in [-0.25, -0.2) is 4.99 Å². The quantitative estimate of drug-likeness (QED) is 0.422. The van der Waals surface area contributed by atoms with Crippen molar-refractivity contribution in [1.29, 1.82) is 0 Å². The molecule has 3 rings (SSSR count). The fourth-order valence-electron chi connectivity index (χ4n) is 3.12. The second-order valence-electron chi connectivity index (χ2n) is 6.33. The summed E-state index contributed by atoms with van der Waals surface area (Å²) in [5, 5.41) is 7.30. The summed E-state index contributed by atoms with van der Waals surface area (Å²) in [5.74, 6) is 0.892. The Hall–Kier alpha value is -1.61. The van der Waals surface area contributed by atoms with Crippen molar-refractivity contribution in [2.24, 2.45) is 4.99 Å². The summed E-state index contributed by atoms with van der Waals surface area (Å²) in [7, 11) is 0. The number of guanidine groups is 1. The van der Waals surface area contributed by atoms with Crippen molar-refractivity contribution in [3.8, 4) is 0 Å². The number of halogens is 1. The predicted octanol–water partition coefficient (Wildman–Crippen LogP) is 3.45. The van der Waals surface area contributed by atoms with Gasteiger partial charge in [-0.2, -0.15) is 0 Å². The second-order valence-corrected chi connectivity index (χ2v) is 6.33. The Morgan fingerprint density at radius 2 is 2.19 bits per heavy atom. The molecule has 0 bridgehead atoms. The second kappa shape index (κ2) is 9.91. The maximum Gasteiger partial charge on any atom is 0.194 e. The SMILES string of the molecule is CCNC(=NCc1ccon1)N1CCOC(c2ccc(C)cc2C)C1.I. The lowest BCUT2D eigenvalue weighted by Gasteiger charge is -2.35. The number of aromatic nitrogens is 1. The monoisotopic (exact) mass is 470 g/mol. The summed E-state index contributed by atoms with van der Waals surface area (Å²) in [6, 6.07) is 8.37. The van der Waals surface area contributed by atoms with Gasteiger partial charge in [0.05, 0.1) is 19.7 Å². The number of hydrogen-bond donors (Lipinski definition) is 1. The smallest absolute Gasteiger partial charge is 0.194 e. The first-order chi connectivity index (χ1) is 12.2. The van der Waals surface area contributed by atoms with Gasteiger partial charge in [0.2, 0.25) is 0 Å². The van der Waals surface area contributed by atoms with E-state index in [1.165, 1.54) is 16.7 Å². The highest BCUT2D eigenvalue weighted by Crippen LogP contribution is 2.26. The van der Waals surface area contributed by atoms with Gasteiger partial charge in [0, 0.05) is 19.2 Å². The largest absolute Gasteiger partial charge is 0.370 e. The summed E-state index contributed by atoms with van der Waals surface area (Å²) < 4.78 is 10.9. The van der Waals surface area contributed by atoms with Gasteiger partial charge in [-0.05, 0) is 31.9 Å². The minimum atomic E-state index is 0. The molecule has 2 aromatic rings. The third-order valence-electron chi connectivity index (χ3n) is 4.36. The number of hydrogen-bond acceptors (Lipinski definition) is 4. The molecule has 1 unspecified atom stereocenters. The van der Waals surface area contributed by atoms with Crippen LogP contribution in [0, 0.1) is 13.8 Å². The van der Waals surface area contributed by atoms with Crippen LogP contribution in [-0.4, -0.2) is 42.3 Å². The van der Waals surface area contributed by atoms with E-state index in [-0.39, 0.29) is 30.1 Å². The van der Waals surface area contributed by atoms with Crippen molar-refractivity contribution in [1.82, 2.24) is 15.4 Å². The lowest BCUT2D eigenvalue weighted by molar-refractivity contribution is -0.00834. The molecule has 1 saturated heterocycles. The van der Waals surface area contributed by atoms with Crippen LogP contribution in [0.15, 0.2) is 40.0 Å². The van der Waals surface area contributed by atoms with E-state index in [1.807, 2.05) is 6.07 Å². The Morgan fingerprint density at radius 3 is 2.88 bits per heavy atom. The number of ether oxygens (including phenoxy) is 1. The molecule has 1 atom stereocenters. The minimum absolute atomic E-state index is 0. The minimum Gasteiger partial charge on any atom is -0.370 e. The van der Waals surface area contributed by atoms with Crippen LogP contribution in [0.1, 0.15) is 35.4 Å². The molecule has 0 aliphatic carbocycles. The number of aliphatic imine (C=N–C) groups is 1. The Balaban J connectivity index is 0.00000243. The van der Waals surface area contributed by atoms with E-state index < -0.39 is 0 Å². The van der Waals surface area contributed by atoms with Gasteiger partial charge >= 0.3 is 0 Å².